The summed E-state index contributed by atoms with van der Waals surface area (Å²) in [6, 6.07) is 11.5. The third kappa shape index (κ3) is 3.35. The monoisotopic (exact) mass is 285 g/mol. The van der Waals surface area contributed by atoms with Crippen molar-refractivity contribution in [1.82, 2.24) is 4.98 Å². The molecule has 1 nitrogen and oxygen atoms in total. The van der Waals surface area contributed by atoms with Crippen molar-refractivity contribution in [2.75, 3.05) is 0 Å². The molecule has 0 aliphatic heterocycles. The van der Waals surface area contributed by atoms with Gasteiger partial charge >= 0.3 is 0 Å². The fourth-order valence-electron chi connectivity index (χ4n) is 1.54. The second-order valence-electron chi connectivity index (χ2n) is 3.66. The number of halogens is 3. The molecule has 0 saturated carbocycles. The van der Waals surface area contributed by atoms with Crippen LogP contribution in [0.2, 0.25) is 10.0 Å². The van der Waals surface area contributed by atoms with Crippen LogP contribution < -0.4 is 0 Å². The molecular weight excluding hydrogens is 277 g/mol. The van der Waals surface area contributed by atoms with Gasteiger partial charge in [-0.25, -0.2) is 0 Å². The van der Waals surface area contributed by atoms with E-state index in [1.165, 1.54) is 0 Å². The molecule has 2 aromatic rings. The van der Waals surface area contributed by atoms with E-state index in [-0.39, 0.29) is 5.38 Å². The summed E-state index contributed by atoms with van der Waals surface area (Å²) in [5.41, 5.74) is 1.82. The zero-order chi connectivity index (χ0) is 12.3. The summed E-state index contributed by atoms with van der Waals surface area (Å²) < 4.78 is 0. The average molecular weight is 287 g/mol. The van der Waals surface area contributed by atoms with Crippen LogP contribution >= 0.6 is 34.8 Å². The fraction of sp³-hybridized carbons (Fsp3) is 0.154. The number of benzene rings is 1. The van der Waals surface area contributed by atoms with Crippen LogP contribution in [0.4, 0.5) is 0 Å². The average Bonchev–Trinajstić information content (AvgIpc) is 2.34. The van der Waals surface area contributed by atoms with E-state index in [4.69, 9.17) is 34.8 Å². The van der Waals surface area contributed by atoms with Crippen LogP contribution in [0.25, 0.3) is 0 Å². The molecule has 1 atom stereocenters. The Labute approximate surface area is 115 Å². The van der Waals surface area contributed by atoms with Crippen molar-refractivity contribution >= 4 is 34.8 Å². The van der Waals surface area contributed by atoms with Gasteiger partial charge in [-0.15, -0.1) is 11.6 Å². The Hall–Kier alpha value is -0.760. The van der Waals surface area contributed by atoms with Gasteiger partial charge in [-0.1, -0.05) is 53.5 Å². The first-order valence-electron chi connectivity index (χ1n) is 5.16. The molecule has 0 N–H and O–H groups in total. The fourth-order valence-corrected chi connectivity index (χ4v) is 2.29. The van der Waals surface area contributed by atoms with Gasteiger partial charge < -0.3 is 0 Å². The van der Waals surface area contributed by atoms with E-state index in [0.717, 1.165) is 11.3 Å². The van der Waals surface area contributed by atoms with Gasteiger partial charge in [-0.05, 0) is 11.6 Å². The van der Waals surface area contributed by atoms with Crippen molar-refractivity contribution in [3.8, 4) is 0 Å². The van der Waals surface area contributed by atoms with Crippen LogP contribution in [0.3, 0.4) is 0 Å². The normalized spacial score (nSPS) is 12.4. The van der Waals surface area contributed by atoms with Crippen LogP contribution in [-0.4, -0.2) is 4.98 Å². The molecule has 0 spiro atoms. The Balaban J connectivity index is 2.16. The maximum atomic E-state index is 6.32. The number of hydrogen-bond acceptors (Lipinski definition) is 1. The third-order valence-corrected chi connectivity index (χ3v) is 3.36. The number of pyridine rings is 1. The van der Waals surface area contributed by atoms with Crippen molar-refractivity contribution in [2.45, 2.75) is 11.8 Å². The van der Waals surface area contributed by atoms with E-state index in [1.54, 1.807) is 12.3 Å². The predicted molar refractivity (Wildman–Crippen MR) is 73.0 cm³/mol. The number of aromatic nitrogens is 1. The number of hydrogen-bond donors (Lipinski definition) is 0. The van der Waals surface area contributed by atoms with Gasteiger partial charge in [-0.2, -0.15) is 0 Å². The van der Waals surface area contributed by atoms with Gasteiger partial charge in [0.15, 0.2) is 0 Å². The molecule has 0 radical (unpaired) electrons. The van der Waals surface area contributed by atoms with E-state index >= 15 is 0 Å². The summed E-state index contributed by atoms with van der Waals surface area (Å²) in [6.45, 7) is 0. The summed E-state index contributed by atoms with van der Waals surface area (Å²) in [4.78, 5) is 4.19. The van der Waals surface area contributed by atoms with Crippen LogP contribution in [0, 0.1) is 0 Å². The summed E-state index contributed by atoms with van der Waals surface area (Å²) >= 11 is 18.2. The van der Waals surface area contributed by atoms with Gasteiger partial charge in [0.2, 0.25) is 0 Å². The lowest BCUT2D eigenvalue weighted by atomic mass is 10.1. The molecule has 1 aromatic carbocycles. The number of alkyl halides is 1. The van der Waals surface area contributed by atoms with Crippen molar-refractivity contribution in [1.29, 1.82) is 0 Å². The standard InChI is InChI=1S/C13H10Cl3N/c14-10-6-12(16)13(17-8-10)7-11(15)9-4-2-1-3-5-9/h1-6,8,11H,7H2. The summed E-state index contributed by atoms with van der Waals surface area (Å²) in [5, 5.41) is 0.950. The first-order valence-corrected chi connectivity index (χ1v) is 6.35. The summed E-state index contributed by atoms with van der Waals surface area (Å²) in [6.07, 6.45) is 2.17. The van der Waals surface area contributed by atoms with Crippen LogP contribution in [0.5, 0.6) is 0 Å². The Morgan fingerprint density at radius 3 is 2.47 bits per heavy atom. The lowest BCUT2D eigenvalue weighted by Crippen LogP contribution is -1.99. The molecule has 2 rings (SSSR count). The lowest BCUT2D eigenvalue weighted by Gasteiger charge is -2.10. The van der Waals surface area contributed by atoms with E-state index in [9.17, 15) is 0 Å². The van der Waals surface area contributed by atoms with Crippen molar-refractivity contribution < 1.29 is 0 Å². The van der Waals surface area contributed by atoms with Gasteiger partial charge in [0.25, 0.3) is 0 Å². The van der Waals surface area contributed by atoms with Crippen molar-refractivity contribution in [3.05, 3.63) is 63.9 Å². The highest BCUT2D eigenvalue weighted by atomic mass is 35.5. The highest BCUT2D eigenvalue weighted by molar-refractivity contribution is 6.34. The largest absolute Gasteiger partial charge is 0.258 e. The minimum absolute atomic E-state index is 0.137. The first kappa shape index (κ1) is 12.7. The van der Waals surface area contributed by atoms with E-state index in [1.807, 2.05) is 30.3 Å². The van der Waals surface area contributed by atoms with Crippen LogP contribution in [-0.2, 0) is 6.42 Å². The molecule has 1 unspecified atom stereocenters. The molecule has 1 aromatic heterocycles. The quantitative estimate of drug-likeness (QED) is 0.731. The van der Waals surface area contributed by atoms with Gasteiger partial charge in [0.1, 0.15) is 0 Å². The van der Waals surface area contributed by atoms with Gasteiger partial charge in [0.05, 0.1) is 21.1 Å². The van der Waals surface area contributed by atoms with Crippen LogP contribution in [0.15, 0.2) is 42.6 Å². The smallest absolute Gasteiger partial charge is 0.0641 e. The molecule has 0 amide bonds. The lowest BCUT2D eigenvalue weighted by molar-refractivity contribution is 0.881. The Bertz CT molecular complexity index is 499. The summed E-state index contributed by atoms with van der Waals surface area (Å²) in [7, 11) is 0. The highest BCUT2D eigenvalue weighted by Crippen LogP contribution is 2.28. The molecule has 4 heteroatoms. The number of nitrogens with zero attached hydrogens (tertiary/aromatic N) is 1. The maximum absolute atomic E-state index is 6.32. The zero-order valence-electron chi connectivity index (χ0n) is 8.91. The predicted octanol–water partition coefficient (Wildman–Crippen LogP) is 4.91. The maximum Gasteiger partial charge on any atom is 0.0641 e. The first-order chi connectivity index (χ1) is 8.16. The molecule has 0 aliphatic rings. The van der Waals surface area contributed by atoms with Crippen LogP contribution in [0.1, 0.15) is 16.6 Å². The molecule has 0 saturated heterocycles. The van der Waals surface area contributed by atoms with Crippen molar-refractivity contribution in [2.24, 2.45) is 0 Å². The Morgan fingerprint density at radius 2 is 1.82 bits per heavy atom. The molecule has 88 valence electrons. The second-order valence-corrected chi connectivity index (χ2v) is 5.03. The highest BCUT2D eigenvalue weighted by Gasteiger charge is 2.12. The minimum Gasteiger partial charge on any atom is -0.258 e. The summed E-state index contributed by atoms with van der Waals surface area (Å²) in [5.74, 6) is 0. The Morgan fingerprint density at radius 1 is 1.12 bits per heavy atom. The topological polar surface area (TPSA) is 12.9 Å². The molecule has 0 bridgehead atoms. The SMILES string of the molecule is Clc1cnc(CC(Cl)c2ccccc2)c(Cl)c1. The molecule has 17 heavy (non-hydrogen) atoms. The third-order valence-electron chi connectivity index (χ3n) is 2.42. The molecule has 1 heterocycles. The molecular formula is C13H10Cl3N. The molecule has 0 fully saturated rings. The van der Waals surface area contributed by atoms with E-state index in [2.05, 4.69) is 4.98 Å². The second kappa shape index (κ2) is 5.72. The van der Waals surface area contributed by atoms with E-state index < -0.39 is 0 Å². The minimum atomic E-state index is -0.137. The molecule has 0 aliphatic carbocycles. The zero-order valence-corrected chi connectivity index (χ0v) is 11.2. The van der Waals surface area contributed by atoms with Crippen molar-refractivity contribution in [3.63, 3.8) is 0 Å². The number of rotatable bonds is 3. The van der Waals surface area contributed by atoms with Gasteiger partial charge in [0, 0.05) is 12.6 Å². The van der Waals surface area contributed by atoms with Gasteiger partial charge in [-0.3, -0.25) is 4.98 Å². The van der Waals surface area contributed by atoms with E-state index in [0.29, 0.717) is 16.5 Å². The Kier molecular flexibility index (Phi) is 4.27.